The predicted octanol–water partition coefficient (Wildman–Crippen LogP) is 1.60. The summed E-state index contributed by atoms with van der Waals surface area (Å²) in [6.45, 7) is 1.82. The Labute approximate surface area is 108 Å². The van der Waals surface area contributed by atoms with Crippen molar-refractivity contribution in [2.75, 3.05) is 7.11 Å². The van der Waals surface area contributed by atoms with Gasteiger partial charge in [-0.2, -0.15) is 4.37 Å². The molecule has 0 aliphatic heterocycles. The van der Waals surface area contributed by atoms with Gasteiger partial charge in [0.2, 0.25) is 5.56 Å². The monoisotopic (exact) mass is 264 g/mol. The summed E-state index contributed by atoms with van der Waals surface area (Å²) in [6.07, 6.45) is 1.70. The van der Waals surface area contributed by atoms with E-state index < -0.39 is 0 Å². The third kappa shape index (κ3) is 2.06. The van der Waals surface area contributed by atoms with Gasteiger partial charge in [-0.05, 0) is 24.5 Å². The average molecular weight is 264 g/mol. The lowest BCUT2D eigenvalue weighted by Gasteiger charge is -2.02. The molecule has 2 aromatic rings. The molecule has 0 amide bonds. The van der Waals surface area contributed by atoms with Crippen molar-refractivity contribution in [2.45, 2.75) is 6.92 Å². The first kappa shape index (κ1) is 12.5. The molecule has 18 heavy (non-hydrogen) atoms. The molecule has 0 fully saturated rings. The highest BCUT2D eigenvalue weighted by molar-refractivity contribution is 7.08. The number of methoxy groups -OCH3 is 1. The second-order valence-corrected chi connectivity index (χ2v) is 4.62. The minimum atomic E-state index is -0.388. The first-order chi connectivity index (χ1) is 8.54. The predicted molar refractivity (Wildman–Crippen MR) is 68.9 cm³/mol. The number of esters is 1. The molecule has 5 nitrogen and oxygen atoms in total. The fourth-order valence-electron chi connectivity index (χ4n) is 1.62. The number of pyridine rings is 1. The van der Waals surface area contributed by atoms with Crippen LogP contribution in [0.15, 0.2) is 23.1 Å². The molecule has 0 bridgehead atoms. The van der Waals surface area contributed by atoms with Gasteiger partial charge in [-0.25, -0.2) is 4.79 Å². The Morgan fingerprint density at radius 3 is 2.78 bits per heavy atom. The molecule has 94 valence electrons. The van der Waals surface area contributed by atoms with E-state index in [1.807, 2.05) is 6.92 Å². The Morgan fingerprint density at radius 1 is 1.44 bits per heavy atom. The SMILES string of the molecule is COC(=O)c1snc(-c2ccc(=O)n(C)c2)c1C. The van der Waals surface area contributed by atoms with E-state index in [-0.39, 0.29) is 11.5 Å². The van der Waals surface area contributed by atoms with Crippen molar-refractivity contribution in [3.05, 3.63) is 39.1 Å². The normalized spacial score (nSPS) is 10.4. The summed E-state index contributed by atoms with van der Waals surface area (Å²) in [5.41, 5.74) is 2.20. The van der Waals surface area contributed by atoms with Crippen LogP contribution in [0.2, 0.25) is 0 Å². The number of hydrogen-bond donors (Lipinski definition) is 0. The van der Waals surface area contributed by atoms with Crippen LogP contribution in [0.4, 0.5) is 0 Å². The van der Waals surface area contributed by atoms with Crippen LogP contribution >= 0.6 is 11.5 Å². The van der Waals surface area contributed by atoms with Crippen molar-refractivity contribution < 1.29 is 9.53 Å². The van der Waals surface area contributed by atoms with Gasteiger partial charge >= 0.3 is 5.97 Å². The second kappa shape index (κ2) is 4.73. The minimum Gasteiger partial charge on any atom is -0.465 e. The van der Waals surface area contributed by atoms with Gasteiger partial charge in [0.25, 0.3) is 0 Å². The molecule has 0 N–H and O–H groups in total. The van der Waals surface area contributed by atoms with Crippen molar-refractivity contribution in [3.8, 4) is 11.3 Å². The number of ether oxygens (including phenoxy) is 1. The summed E-state index contributed by atoms with van der Waals surface area (Å²) in [4.78, 5) is 23.3. The molecule has 0 unspecified atom stereocenters. The van der Waals surface area contributed by atoms with E-state index in [0.717, 1.165) is 22.7 Å². The molecule has 2 heterocycles. The Morgan fingerprint density at radius 2 is 2.17 bits per heavy atom. The highest BCUT2D eigenvalue weighted by atomic mass is 32.1. The van der Waals surface area contributed by atoms with Gasteiger partial charge < -0.3 is 9.30 Å². The zero-order valence-corrected chi connectivity index (χ0v) is 11.1. The molecule has 0 atom stereocenters. The highest BCUT2D eigenvalue weighted by Crippen LogP contribution is 2.27. The number of aromatic nitrogens is 2. The molecule has 0 aliphatic rings. The van der Waals surface area contributed by atoms with Crippen molar-refractivity contribution in [3.63, 3.8) is 0 Å². The zero-order valence-electron chi connectivity index (χ0n) is 10.3. The van der Waals surface area contributed by atoms with Crippen LogP contribution in [0.25, 0.3) is 11.3 Å². The summed E-state index contributed by atoms with van der Waals surface area (Å²) in [6, 6.07) is 3.18. The van der Waals surface area contributed by atoms with Crippen LogP contribution in [-0.2, 0) is 11.8 Å². The Balaban J connectivity index is 2.52. The zero-order chi connectivity index (χ0) is 13.3. The van der Waals surface area contributed by atoms with Crippen LogP contribution in [0.1, 0.15) is 15.2 Å². The number of nitrogens with zero attached hydrogens (tertiary/aromatic N) is 2. The maximum atomic E-state index is 11.5. The summed E-state index contributed by atoms with van der Waals surface area (Å²) in [5.74, 6) is -0.388. The lowest BCUT2D eigenvalue weighted by atomic mass is 10.1. The lowest BCUT2D eigenvalue weighted by molar-refractivity contribution is 0.0605. The smallest absolute Gasteiger partial charge is 0.349 e. The van der Waals surface area contributed by atoms with Crippen LogP contribution in [-0.4, -0.2) is 22.0 Å². The fraction of sp³-hybridized carbons (Fsp3) is 0.250. The number of aryl methyl sites for hydroxylation is 1. The summed E-state index contributed by atoms with van der Waals surface area (Å²) < 4.78 is 10.4. The van der Waals surface area contributed by atoms with E-state index >= 15 is 0 Å². The second-order valence-electron chi connectivity index (χ2n) is 3.84. The third-order valence-electron chi connectivity index (χ3n) is 2.65. The van der Waals surface area contributed by atoms with Crippen molar-refractivity contribution in [1.82, 2.24) is 8.94 Å². The largest absolute Gasteiger partial charge is 0.465 e. The van der Waals surface area contributed by atoms with Crippen LogP contribution in [0, 0.1) is 6.92 Å². The molecule has 2 rings (SSSR count). The molecule has 0 aromatic carbocycles. The van der Waals surface area contributed by atoms with Gasteiger partial charge in [0, 0.05) is 30.4 Å². The van der Waals surface area contributed by atoms with E-state index in [2.05, 4.69) is 9.11 Å². The number of carbonyl (C=O) groups excluding carboxylic acids is 1. The standard InChI is InChI=1S/C12H12N2O3S/c1-7-10(13-18-11(7)12(16)17-3)8-4-5-9(15)14(2)6-8/h4-6H,1-3H3. The van der Waals surface area contributed by atoms with Crippen molar-refractivity contribution in [2.24, 2.45) is 7.05 Å². The van der Waals surface area contributed by atoms with Gasteiger partial charge in [-0.1, -0.05) is 0 Å². The Hall–Kier alpha value is -1.95. The highest BCUT2D eigenvalue weighted by Gasteiger charge is 2.18. The topological polar surface area (TPSA) is 61.2 Å². The summed E-state index contributed by atoms with van der Waals surface area (Å²) >= 11 is 1.10. The van der Waals surface area contributed by atoms with Gasteiger partial charge in [0.1, 0.15) is 4.88 Å². The summed E-state index contributed by atoms with van der Waals surface area (Å²) in [7, 11) is 3.02. The Bertz CT molecular complexity index is 658. The van der Waals surface area contributed by atoms with E-state index in [1.54, 1.807) is 19.3 Å². The molecule has 0 radical (unpaired) electrons. The maximum Gasteiger partial charge on any atom is 0.349 e. The molecule has 0 saturated heterocycles. The van der Waals surface area contributed by atoms with Gasteiger partial charge in [-0.15, -0.1) is 0 Å². The van der Waals surface area contributed by atoms with Crippen molar-refractivity contribution >= 4 is 17.5 Å². The van der Waals surface area contributed by atoms with Crippen molar-refractivity contribution in [1.29, 1.82) is 0 Å². The minimum absolute atomic E-state index is 0.0835. The third-order valence-corrected chi connectivity index (χ3v) is 3.58. The molecular weight excluding hydrogens is 252 g/mol. The first-order valence-corrected chi connectivity index (χ1v) is 6.03. The molecule has 0 aliphatic carbocycles. The summed E-state index contributed by atoms with van der Waals surface area (Å²) in [5, 5.41) is 0. The quantitative estimate of drug-likeness (QED) is 0.773. The van der Waals surface area contributed by atoms with Crippen LogP contribution < -0.4 is 5.56 Å². The molecule has 0 saturated carbocycles. The Kier molecular flexibility index (Phi) is 3.29. The van der Waals surface area contributed by atoms with Gasteiger partial charge in [0.05, 0.1) is 12.8 Å². The van der Waals surface area contributed by atoms with Crippen LogP contribution in [0.5, 0.6) is 0 Å². The van der Waals surface area contributed by atoms with E-state index in [0.29, 0.717) is 10.6 Å². The molecule has 6 heteroatoms. The number of hydrogen-bond acceptors (Lipinski definition) is 5. The first-order valence-electron chi connectivity index (χ1n) is 5.26. The average Bonchev–Trinajstić information content (AvgIpc) is 2.74. The van der Waals surface area contributed by atoms with E-state index in [1.165, 1.54) is 17.7 Å². The fourth-order valence-corrected chi connectivity index (χ4v) is 2.44. The van der Waals surface area contributed by atoms with E-state index in [9.17, 15) is 9.59 Å². The van der Waals surface area contributed by atoms with Gasteiger partial charge in [0.15, 0.2) is 0 Å². The van der Waals surface area contributed by atoms with E-state index in [4.69, 9.17) is 0 Å². The molecule has 0 spiro atoms. The lowest BCUT2D eigenvalue weighted by Crippen LogP contribution is -2.14. The maximum absolute atomic E-state index is 11.5. The van der Waals surface area contributed by atoms with Crippen LogP contribution in [0.3, 0.4) is 0 Å². The molecule has 2 aromatic heterocycles. The van der Waals surface area contributed by atoms with Gasteiger partial charge in [-0.3, -0.25) is 4.79 Å². The number of rotatable bonds is 2. The number of carbonyl (C=O) groups is 1. The molecular formula is C12H12N2O3S.